The van der Waals surface area contributed by atoms with Crippen molar-refractivity contribution in [3.05, 3.63) is 53.9 Å². The van der Waals surface area contributed by atoms with Gasteiger partial charge < -0.3 is 16.4 Å². The molecule has 4 N–H and O–H groups in total. The number of anilines is 5. The van der Waals surface area contributed by atoms with Crippen molar-refractivity contribution < 1.29 is 0 Å². The second-order valence-corrected chi connectivity index (χ2v) is 6.30. The van der Waals surface area contributed by atoms with E-state index in [2.05, 4.69) is 30.6 Å². The maximum Gasteiger partial charge on any atom is 0.188 e. The van der Waals surface area contributed by atoms with E-state index in [9.17, 15) is 0 Å². The molecule has 8 heteroatoms. The Bertz CT molecular complexity index is 1030. The molecule has 0 amide bonds. The van der Waals surface area contributed by atoms with Crippen molar-refractivity contribution in [2.45, 2.75) is 6.92 Å². The molecule has 4 aromatic rings. The number of thiazole rings is 1. The van der Waals surface area contributed by atoms with E-state index < -0.39 is 0 Å². The molecule has 4 rings (SSSR count). The maximum atomic E-state index is 6.23. The fraction of sp³-hybridized carbons (Fsp3) is 0.0588. The normalized spacial score (nSPS) is 10.8. The molecule has 0 aliphatic rings. The largest absolute Gasteiger partial charge is 0.393 e. The van der Waals surface area contributed by atoms with Crippen molar-refractivity contribution in [2.24, 2.45) is 0 Å². The summed E-state index contributed by atoms with van der Waals surface area (Å²) in [7, 11) is 0. The number of fused-ring (bicyclic) bond motifs is 1. The lowest BCUT2D eigenvalue weighted by atomic mass is 10.1. The molecule has 0 aliphatic heterocycles. The number of aromatic nitrogens is 4. The zero-order chi connectivity index (χ0) is 17.2. The lowest BCUT2D eigenvalue weighted by Crippen LogP contribution is -2.05. The minimum atomic E-state index is 0.419. The van der Waals surface area contributed by atoms with E-state index in [4.69, 9.17) is 5.73 Å². The highest BCUT2D eigenvalue weighted by Crippen LogP contribution is 2.31. The first-order chi connectivity index (χ1) is 12.2. The van der Waals surface area contributed by atoms with Crippen LogP contribution in [0.15, 0.2) is 48.2 Å². The van der Waals surface area contributed by atoms with Crippen LogP contribution in [0.3, 0.4) is 0 Å². The summed E-state index contributed by atoms with van der Waals surface area (Å²) < 4.78 is 0. The van der Waals surface area contributed by atoms with Crippen molar-refractivity contribution in [1.82, 2.24) is 19.9 Å². The summed E-state index contributed by atoms with van der Waals surface area (Å²) >= 11 is 1.47. The van der Waals surface area contributed by atoms with Crippen LogP contribution in [0.2, 0.25) is 0 Å². The third-order valence-electron chi connectivity index (χ3n) is 3.65. The predicted octanol–water partition coefficient (Wildman–Crippen LogP) is 3.86. The van der Waals surface area contributed by atoms with E-state index in [0.717, 1.165) is 27.4 Å². The Balaban J connectivity index is 1.71. The first-order valence-corrected chi connectivity index (χ1v) is 8.49. The van der Waals surface area contributed by atoms with Crippen molar-refractivity contribution >= 4 is 50.4 Å². The van der Waals surface area contributed by atoms with Crippen LogP contribution in [0, 0.1) is 6.92 Å². The summed E-state index contributed by atoms with van der Waals surface area (Å²) in [6.45, 7) is 1.96. The molecule has 25 heavy (non-hydrogen) atoms. The number of pyridine rings is 1. The second kappa shape index (κ2) is 6.33. The van der Waals surface area contributed by atoms with Gasteiger partial charge in [-0.25, -0.2) is 15.0 Å². The predicted molar refractivity (Wildman–Crippen MR) is 102 cm³/mol. The van der Waals surface area contributed by atoms with Crippen molar-refractivity contribution in [2.75, 3.05) is 16.4 Å². The number of aryl methyl sites for hydroxylation is 1. The van der Waals surface area contributed by atoms with Gasteiger partial charge in [0.05, 0.1) is 11.2 Å². The van der Waals surface area contributed by atoms with Crippen LogP contribution in [0.25, 0.3) is 10.9 Å². The number of nitrogen functional groups attached to an aromatic ring is 1. The first kappa shape index (κ1) is 15.3. The summed E-state index contributed by atoms with van der Waals surface area (Å²) in [6.07, 6.45) is 3.17. The standard InChI is InChI=1S/C17H15N7S/c1-10-5-6-11-3-2-4-12(14(11)22-10)23-15-13(18)16(21-9-20-15)24-17-19-7-8-25-17/h2-9H,18H2,1H3,(H2,19,20,21,23,24). The molecule has 7 nitrogen and oxygen atoms in total. The smallest absolute Gasteiger partial charge is 0.188 e. The average molecular weight is 349 g/mol. The second-order valence-electron chi connectivity index (χ2n) is 5.40. The Labute approximate surface area is 148 Å². The molecule has 124 valence electrons. The number of hydrogen-bond acceptors (Lipinski definition) is 8. The fourth-order valence-electron chi connectivity index (χ4n) is 2.45. The van der Waals surface area contributed by atoms with Gasteiger partial charge in [0.25, 0.3) is 0 Å². The van der Waals surface area contributed by atoms with Crippen molar-refractivity contribution in [3.8, 4) is 0 Å². The molecule has 0 saturated heterocycles. The number of para-hydroxylation sites is 1. The fourth-order valence-corrected chi connectivity index (χ4v) is 2.98. The molecule has 0 spiro atoms. The van der Waals surface area contributed by atoms with E-state index >= 15 is 0 Å². The van der Waals surface area contributed by atoms with E-state index in [1.54, 1.807) is 6.20 Å². The van der Waals surface area contributed by atoms with Crippen molar-refractivity contribution in [3.63, 3.8) is 0 Å². The average Bonchev–Trinajstić information content (AvgIpc) is 3.12. The summed E-state index contributed by atoms with van der Waals surface area (Å²) in [4.78, 5) is 17.2. The van der Waals surface area contributed by atoms with Gasteiger partial charge in [-0.15, -0.1) is 11.3 Å². The van der Waals surface area contributed by atoms with Crippen LogP contribution in [0.5, 0.6) is 0 Å². The van der Waals surface area contributed by atoms with Crippen LogP contribution in [0.4, 0.5) is 28.1 Å². The minimum absolute atomic E-state index is 0.419. The highest BCUT2D eigenvalue weighted by atomic mass is 32.1. The third kappa shape index (κ3) is 3.07. The Kier molecular flexibility index (Phi) is 3.87. The number of hydrogen-bond donors (Lipinski definition) is 3. The number of rotatable bonds is 4. The van der Waals surface area contributed by atoms with Crippen LogP contribution in [0.1, 0.15) is 5.69 Å². The third-order valence-corrected chi connectivity index (χ3v) is 4.34. The van der Waals surface area contributed by atoms with Crippen LogP contribution in [-0.2, 0) is 0 Å². The molecule has 0 aliphatic carbocycles. The SMILES string of the molecule is Cc1ccc2cccc(Nc3ncnc(Nc4nccs4)c3N)c2n1. The number of nitrogens with two attached hydrogens (primary N) is 1. The van der Waals surface area contributed by atoms with Gasteiger partial charge in [0.1, 0.15) is 12.0 Å². The van der Waals surface area contributed by atoms with Crippen LogP contribution < -0.4 is 16.4 Å². The number of nitrogens with one attached hydrogen (secondary N) is 2. The molecule has 3 heterocycles. The maximum absolute atomic E-state index is 6.23. The molecule has 1 aromatic carbocycles. The van der Waals surface area contributed by atoms with E-state index in [1.807, 2.05) is 42.6 Å². The number of nitrogens with zero attached hydrogens (tertiary/aromatic N) is 4. The highest BCUT2D eigenvalue weighted by Gasteiger charge is 2.11. The Morgan fingerprint density at radius 1 is 1.00 bits per heavy atom. The Morgan fingerprint density at radius 3 is 2.64 bits per heavy atom. The summed E-state index contributed by atoms with van der Waals surface area (Å²) in [5.41, 5.74) is 9.30. The first-order valence-electron chi connectivity index (χ1n) is 7.61. The summed E-state index contributed by atoms with van der Waals surface area (Å²) in [5.74, 6) is 1.03. The van der Waals surface area contributed by atoms with Gasteiger partial charge in [0.15, 0.2) is 16.8 Å². The van der Waals surface area contributed by atoms with E-state index in [1.165, 1.54) is 17.7 Å². The molecular weight excluding hydrogens is 334 g/mol. The molecular formula is C17H15N7S. The molecule has 0 bridgehead atoms. The van der Waals surface area contributed by atoms with Crippen LogP contribution >= 0.6 is 11.3 Å². The molecule has 0 saturated carbocycles. The quantitative estimate of drug-likeness (QED) is 0.514. The monoisotopic (exact) mass is 349 g/mol. The van der Waals surface area contributed by atoms with E-state index in [0.29, 0.717) is 17.3 Å². The van der Waals surface area contributed by atoms with Crippen molar-refractivity contribution in [1.29, 1.82) is 0 Å². The minimum Gasteiger partial charge on any atom is -0.393 e. The van der Waals surface area contributed by atoms with Gasteiger partial charge in [-0.3, -0.25) is 4.98 Å². The lowest BCUT2D eigenvalue weighted by molar-refractivity contribution is 1.17. The van der Waals surface area contributed by atoms with Gasteiger partial charge in [-0.2, -0.15) is 0 Å². The molecule has 0 unspecified atom stereocenters. The highest BCUT2D eigenvalue weighted by molar-refractivity contribution is 7.13. The van der Waals surface area contributed by atoms with Gasteiger partial charge in [-0.05, 0) is 19.1 Å². The lowest BCUT2D eigenvalue weighted by Gasteiger charge is -2.13. The zero-order valence-corrected chi connectivity index (χ0v) is 14.2. The van der Waals surface area contributed by atoms with E-state index in [-0.39, 0.29) is 0 Å². The van der Waals surface area contributed by atoms with Gasteiger partial charge >= 0.3 is 0 Å². The van der Waals surface area contributed by atoms with Gasteiger partial charge in [0.2, 0.25) is 0 Å². The topological polar surface area (TPSA) is 102 Å². The summed E-state index contributed by atoms with van der Waals surface area (Å²) in [6, 6.07) is 9.96. The number of benzene rings is 1. The van der Waals surface area contributed by atoms with Crippen LogP contribution in [-0.4, -0.2) is 19.9 Å². The molecule has 3 aromatic heterocycles. The van der Waals surface area contributed by atoms with Gasteiger partial charge in [-0.1, -0.05) is 18.2 Å². The summed E-state index contributed by atoms with van der Waals surface area (Å²) in [5, 5.41) is 10.0. The zero-order valence-electron chi connectivity index (χ0n) is 13.4. The Morgan fingerprint density at radius 2 is 1.84 bits per heavy atom. The van der Waals surface area contributed by atoms with Gasteiger partial charge in [0, 0.05) is 22.7 Å². The molecule has 0 radical (unpaired) electrons. The molecule has 0 fully saturated rings. The molecule has 0 atom stereocenters. The Hall–Kier alpha value is -3.26.